The molecule has 0 radical (unpaired) electrons. The molecule has 0 fully saturated rings. The molecular weight excluding hydrogens is 439 g/mol. The maximum atomic E-state index is 14.7. The van der Waals surface area contributed by atoms with Gasteiger partial charge in [-0.05, 0) is 48.6 Å². The number of para-hydroxylation sites is 1. The molecule has 8 heteroatoms. The van der Waals surface area contributed by atoms with E-state index < -0.39 is 17.7 Å². The van der Waals surface area contributed by atoms with Gasteiger partial charge in [-0.15, -0.1) is 0 Å². The molecule has 0 aromatic heterocycles. The van der Waals surface area contributed by atoms with Gasteiger partial charge in [-0.3, -0.25) is 9.59 Å². The number of ketones is 1. The second-order valence-corrected chi connectivity index (χ2v) is 9.37. The first kappa shape index (κ1) is 26.8. The third kappa shape index (κ3) is 7.28. The normalized spacial score (nSPS) is 14.1. The van der Waals surface area contributed by atoms with Crippen molar-refractivity contribution >= 4 is 30.0 Å². The molecule has 0 aliphatic rings. The first-order valence-electron chi connectivity index (χ1n) is 11.2. The summed E-state index contributed by atoms with van der Waals surface area (Å²) in [7, 11) is 0. The van der Waals surface area contributed by atoms with Crippen molar-refractivity contribution in [1.29, 1.82) is 0 Å². The van der Waals surface area contributed by atoms with E-state index in [0.29, 0.717) is 42.7 Å². The summed E-state index contributed by atoms with van der Waals surface area (Å²) in [5.74, 6) is -2.21. The molecule has 6 nitrogen and oxygen atoms in total. The molecule has 2 aromatic carbocycles. The van der Waals surface area contributed by atoms with Crippen LogP contribution in [-0.2, 0) is 16.0 Å². The SMILES string of the molecule is CC(C)C(C(=O)CNCC(S)CC(C(N)=O)c1ccccc1N)c1c(F)cccc1CCN. The number of thiol groups is 1. The summed E-state index contributed by atoms with van der Waals surface area (Å²) in [6.07, 6.45) is 0.877. The average molecular weight is 475 g/mol. The third-order valence-corrected chi connectivity index (χ3v) is 6.18. The molecule has 0 spiro atoms. The molecule has 3 atom stereocenters. The van der Waals surface area contributed by atoms with Crippen LogP contribution in [0.1, 0.15) is 48.8 Å². The van der Waals surface area contributed by atoms with E-state index in [0.717, 1.165) is 5.56 Å². The fourth-order valence-electron chi connectivity index (χ4n) is 4.22. The van der Waals surface area contributed by atoms with Gasteiger partial charge in [-0.1, -0.05) is 44.2 Å². The molecule has 7 N–H and O–H groups in total. The number of amides is 1. The van der Waals surface area contributed by atoms with Crippen molar-refractivity contribution < 1.29 is 14.0 Å². The van der Waals surface area contributed by atoms with Gasteiger partial charge in [-0.25, -0.2) is 4.39 Å². The summed E-state index contributed by atoms with van der Waals surface area (Å²) in [4.78, 5) is 25.1. The highest BCUT2D eigenvalue weighted by atomic mass is 32.1. The number of primary amides is 1. The Morgan fingerprint density at radius 2 is 1.82 bits per heavy atom. The fraction of sp³-hybridized carbons (Fsp3) is 0.440. The van der Waals surface area contributed by atoms with Crippen molar-refractivity contribution in [1.82, 2.24) is 5.32 Å². The molecule has 0 aliphatic heterocycles. The van der Waals surface area contributed by atoms with Crippen LogP contribution in [0, 0.1) is 11.7 Å². The van der Waals surface area contributed by atoms with Crippen molar-refractivity contribution in [2.24, 2.45) is 17.4 Å². The number of rotatable bonds is 13. The molecule has 0 saturated carbocycles. The third-order valence-electron chi connectivity index (χ3n) is 5.78. The zero-order chi connectivity index (χ0) is 24.5. The molecular formula is C25H35FN4O2S. The molecule has 0 saturated heterocycles. The van der Waals surface area contributed by atoms with Gasteiger partial charge < -0.3 is 22.5 Å². The Hall–Kier alpha value is -2.42. The Labute approximate surface area is 200 Å². The summed E-state index contributed by atoms with van der Waals surface area (Å²) >= 11 is 4.58. The van der Waals surface area contributed by atoms with Gasteiger partial charge in [0.15, 0.2) is 5.78 Å². The van der Waals surface area contributed by atoms with Crippen LogP contribution in [0.2, 0.25) is 0 Å². The monoisotopic (exact) mass is 474 g/mol. The van der Waals surface area contributed by atoms with Crippen LogP contribution >= 0.6 is 12.6 Å². The largest absolute Gasteiger partial charge is 0.398 e. The lowest BCUT2D eigenvalue weighted by Crippen LogP contribution is -2.35. The summed E-state index contributed by atoms with van der Waals surface area (Å²) < 4.78 is 14.7. The average Bonchev–Trinajstić information content (AvgIpc) is 2.74. The number of nitrogen functional groups attached to an aromatic ring is 1. The molecule has 33 heavy (non-hydrogen) atoms. The van der Waals surface area contributed by atoms with Gasteiger partial charge in [-0.2, -0.15) is 12.6 Å². The Morgan fingerprint density at radius 3 is 2.42 bits per heavy atom. The number of benzene rings is 2. The van der Waals surface area contributed by atoms with Gasteiger partial charge in [0.05, 0.1) is 12.5 Å². The fourth-order valence-corrected chi connectivity index (χ4v) is 4.56. The van der Waals surface area contributed by atoms with Gasteiger partial charge in [0.2, 0.25) is 5.91 Å². The molecule has 180 valence electrons. The van der Waals surface area contributed by atoms with E-state index in [1.807, 2.05) is 19.9 Å². The number of carbonyl (C=O) groups excluding carboxylic acids is 2. The lowest BCUT2D eigenvalue weighted by molar-refractivity contribution is -0.121. The van der Waals surface area contributed by atoms with E-state index >= 15 is 0 Å². The number of hydrogen-bond donors (Lipinski definition) is 5. The van der Waals surface area contributed by atoms with E-state index in [-0.39, 0.29) is 29.3 Å². The van der Waals surface area contributed by atoms with Crippen LogP contribution in [0.4, 0.5) is 10.1 Å². The van der Waals surface area contributed by atoms with Gasteiger partial charge in [0.25, 0.3) is 0 Å². The molecule has 0 aliphatic carbocycles. The maximum Gasteiger partial charge on any atom is 0.225 e. The zero-order valence-corrected chi connectivity index (χ0v) is 20.2. The van der Waals surface area contributed by atoms with Crippen LogP contribution < -0.4 is 22.5 Å². The van der Waals surface area contributed by atoms with Crippen LogP contribution in [-0.4, -0.2) is 36.6 Å². The molecule has 1 amide bonds. The van der Waals surface area contributed by atoms with E-state index in [4.69, 9.17) is 17.2 Å². The Bertz CT molecular complexity index is 954. The van der Waals surface area contributed by atoms with Gasteiger partial charge in [0, 0.05) is 29.0 Å². The maximum absolute atomic E-state index is 14.7. The van der Waals surface area contributed by atoms with E-state index in [1.54, 1.807) is 30.3 Å². The summed E-state index contributed by atoms with van der Waals surface area (Å²) in [6, 6.07) is 12.0. The van der Waals surface area contributed by atoms with Crippen molar-refractivity contribution in [3.8, 4) is 0 Å². The van der Waals surface area contributed by atoms with E-state index in [2.05, 4.69) is 17.9 Å². The first-order valence-corrected chi connectivity index (χ1v) is 11.7. The zero-order valence-electron chi connectivity index (χ0n) is 19.3. The molecule has 2 aromatic rings. The topological polar surface area (TPSA) is 124 Å². The smallest absolute Gasteiger partial charge is 0.225 e. The van der Waals surface area contributed by atoms with Crippen LogP contribution in [0.15, 0.2) is 42.5 Å². The van der Waals surface area contributed by atoms with E-state index in [1.165, 1.54) is 6.07 Å². The van der Waals surface area contributed by atoms with Gasteiger partial charge >= 0.3 is 0 Å². The van der Waals surface area contributed by atoms with Crippen molar-refractivity contribution in [2.45, 2.75) is 43.8 Å². The molecule has 3 unspecified atom stereocenters. The van der Waals surface area contributed by atoms with Crippen LogP contribution in [0.3, 0.4) is 0 Å². The van der Waals surface area contributed by atoms with E-state index in [9.17, 15) is 14.0 Å². The highest BCUT2D eigenvalue weighted by molar-refractivity contribution is 7.81. The predicted octanol–water partition coefficient (Wildman–Crippen LogP) is 2.76. The number of nitrogens with one attached hydrogen (secondary N) is 1. The van der Waals surface area contributed by atoms with Crippen LogP contribution in [0.25, 0.3) is 0 Å². The van der Waals surface area contributed by atoms with Crippen molar-refractivity contribution in [3.05, 3.63) is 65.0 Å². The highest BCUT2D eigenvalue weighted by Gasteiger charge is 2.29. The summed E-state index contributed by atoms with van der Waals surface area (Å²) in [5, 5.41) is 2.87. The number of nitrogens with two attached hydrogens (primary N) is 3. The Morgan fingerprint density at radius 1 is 1.12 bits per heavy atom. The first-order chi connectivity index (χ1) is 15.7. The van der Waals surface area contributed by atoms with Crippen molar-refractivity contribution in [3.63, 3.8) is 0 Å². The Balaban J connectivity index is 2.04. The second-order valence-electron chi connectivity index (χ2n) is 8.64. The number of halogens is 1. The minimum atomic E-state index is -0.582. The standard InChI is InChI=1S/C25H35FN4O2S/c1-15(2)23(24-16(10-11-27)6-5-8-20(24)26)22(31)14-30-13-17(33)12-19(25(29)32)18-7-3-4-9-21(18)28/h3-9,15,17,19,23,30,33H,10-14,27-28H2,1-2H3,(H2,29,32). The number of Topliss-reactive ketones (excluding diaryl/α,β-unsaturated/α-hetero) is 1. The van der Waals surface area contributed by atoms with Crippen LogP contribution in [0.5, 0.6) is 0 Å². The highest BCUT2D eigenvalue weighted by Crippen LogP contribution is 2.31. The lowest BCUT2D eigenvalue weighted by Gasteiger charge is -2.24. The lowest BCUT2D eigenvalue weighted by atomic mass is 9.81. The minimum absolute atomic E-state index is 0.0605. The molecule has 0 bridgehead atoms. The molecule has 0 heterocycles. The quantitative estimate of drug-likeness (QED) is 0.226. The molecule has 2 rings (SSSR count). The minimum Gasteiger partial charge on any atom is -0.398 e. The Kier molecular flexibility index (Phi) is 10.3. The van der Waals surface area contributed by atoms with Gasteiger partial charge in [0.1, 0.15) is 5.82 Å². The number of hydrogen-bond acceptors (Lipinski definition) is 6. The number of anilines is 1. The summed E-state index contributed by atoms with van der Waals surface area (Å²) in [5.41, 5.74) is 19.7. The predicted molar refractivity (Wildman–Crippen MR) is 135 cm³/mol. The van der Waals surface area contributed by atoms with Crippen molar-refractivity contribution in [2.75, 3.05) is 25.4 Å². The second kappa shape index (κ2) is 12.7. The number of carbonyl (C=O) groups is 2. The summed E-state index contributed by atoms with van der Waals surface area (Å²) in [6.45, 7) is 4.63.